The molecule has 0 saturated heterocycles. The molecule has 2 amide bonds. The number of aromatic nitrogens is 1. The number of halogens is 2. The number of amidine groups is 1. The molecular weight excluding hydrogens is 482 g/mol. The van der Waals surface area contributed by atoms with Crippen LogP contribution in [-0.4, -0.2) is 41.6 Å². The molecule has 2 aromatic carbocycles. The number of rotatable bonds is 5. The zero-order chi connectivity index (χ0) is 22.5. The molecule has 0 aliphatic rings. The van der Waals surface area contributed by atoms with Gasteiger partial charge in [-0.05, 0) is 42.5 Å². The van der Waals surface area contributed by atoms with Gasteiger partial charge < -0.3 is 15.5 Å². The summed E-state index contributed by atoms with van der Waals surface area (Å²) in [5.41, 5.74) is 1.72. The maximum atomic E-state index is 12.8. The van der Waals surface area contributed by atoms with Crippen LogP contribution in [0.1, 0.15) is 26.3 Å². The third-order valence-corrected chi connectivity index (χ3v) is 5.03. The number of carbonyl (C=O) groups is 2. The molecule has 3 aromatic rings. The number of benzene rings is 2. The summed E-state index contributed by atoms with van der Waals surface area (Å²) < 4.78 is 0.686. The summed E-state index contributed by atoms with van der Waals surface area (Å²) in [7, 11) is 3.56. The van der Waals surface area contributed by atoms with Gasteiger partial charge in [0.2, 0.25) is 0 Å². The zero-order valence-electron chi connectivity index (χ0n) is 16.7. The van der Waals surface area contributed by atoms with E-state index in [1.54, 1.807) is 73.6 Å². The molecule has 0 saturated carbocycles. The highest BCUT2D eigenvalue weighted by atomic mass is 79.9. The second kappa shape index (κ2) is 9.72. The third kappa shape index (κ3) is 5.68. The molecule has 0 atom stereocenters. The Hall–Kier alpha value is -3.23. The fourth-order valence-electron chi connectivity index (χ4n) is 2.68. The van der Waals surface area contributed by atoms with Gasteiger partial charge in [-0.1, -0.05) is 39.7 Å². The SMILES string of the molecule is CN(C)C(=N)c1ccc(C(=O)Nc2ccc(Br)cc2C(=O)Nc2ccc(Cl)cn2)cc1. The second-order valence-electron chi connectivity index (χ2n) is 6.78. The van der Waals surface area contributed by atoms with Crippen molar-refractivity contribution in [2.24, 2.45) is 0 Å². The standard InChI is InChI=1S/C22H19BrClN5O2/c1-29(2)20(25)13-3-5-14(6-4-13)21(30)27-18-9-7-15(23)11-17(18)22(31)28-19-10-8-16(24)12-26-19/h3-12,25H,1-2H3,(H,27,30)(H,26,28,31). The van der Waals surface area contributed by atoms with Gasteiger partial charge in [-0.15, -0.1) is 0 Å². The Morgan fingerprint density at radius 1 is 0.968 bits per heavy atom. The first kappa shape index (κ1) is 22.5. The molecule has 0 bridgehead atoms. The minimum Gasteiger partial charge on any atom is -0.363 e. The average molecular weight is 501 g/mol. The summed E-state index contributed by atoms with van der Waals surface area (Å²) in [6.07, 6.45) is 1.43. The average Bonchev–Trinajstić information content (AvgIpc) is 2.76. The van der Waals surface area contributed by atoms with Crippen LogP contribution < -0.4 is 10.6 Å². The molecule has 0 aliphatic heterocycles. The maximum absolute atomic E-state index is 12.8. The first-order chi connectivity index (χ1) is 14.7. The highest BCUT2D eigenvalue weighted by Gasteiger charge is 2.16. The topological polar surface area (TPSA) is 98.2 Å². The molecule has 158 valence electrons. The van der Waals surface area contributed by atoms with E-state index in [-0.39, 0.29) is 11.5 Å². The van der Waals surface area contributed by atoms with Crippen LogP contribution in [0.2, 0.25) is 5.02 Å². The van der Waals surface area contributed by atoms with Gasteiger partial charge in [-0.25, -0.2) is 4.98 Å². The first-order valence-corrected chi connectivity index (χ1v) is 10.3. The highest BCUT2D eigenvalue weighted by Crippen LogP contribution is 2.23. The zero-order valence-corrected chi connectivity index (χ0v) is 19.1. The van der Waals surface area contributed by atoms with Crippen LogP contribution in [0.25, 0.3) is 0 Å². The number of pyridine rings is 1. The molecule has 0 aliphatic carbocycles. The lowest BCUT2D eigenvalue weighted by molar-refractivity contribution is 0.102. The molecule has 1 aromatic heterocycles. The number of carbonyl (C=O) groups excluding carboxylic acids is 2. The summed E-state index contributed by atoms with van der Waals surface area (Å²) in [6.45, 7) is 0. The van der Waals surface area contributed by atoms with E-state index >= 15 is 0 Å². The van der Waals surface area contributed by atoms with Crippen LogP contribution in [0, 0.1) is 5.41 Å². The van der Waals surface area contributed by atoms with Crippen molar-refractivity contribution in [1.82, 2.24) is 9.88 Å². The maximum Gasteiger partial charge on any atom is 0.258 e. The fourth-order valence-corrected chi connectivity index (χ4v) is 3.15. The molecule has 3 N–H and O–H groups in total. The fraction of sp³-hybridized carbons (Fsp3) is 0.0909. The summed E-state index contributed by atoms with van der Waals surface area (Å²) >= 11 is 9.18. The van der Waals surface area contributed by atoms with Crippen LogP contribution in [0.4, 0.5) is 11.5 Å². The third-order valence-electron chi connectivity index (χ3n) is 4.31. The number of anilines is 2. The smallest absolute Gasteiger partial charge is 0.258 e. The van der Waals surface area contributed by atoms with Crippen molar-refractivity contribution < 1.29 is 9.59 Å². The van der Waals surface area contributed by atoms with E-state index in [2.05, 4.69) is 31.5 Å². The number of hydrogen-bond donors (Lipinski definition) is 3. The molecule has 0 spiro atoms. The van der Waals surface area contributed by atoms with Crippen molar-refractivity contribution in [2.75, 3.05) is 24.7 Å². The lowest BCUT2D eigenvalue weighted by Crippen LogP contribution is -2.22. The minimum atomic E-state index is -0.429. The van der Waals surface area contributed by atoms with Crippen LogP contribution in [0.3, 0.4) is 0 Å². The largest absolute Gasteiger partial charge is 0.363 e. The lowest BCUT2D eigenvalue weighted by atomic mass is 10.1. The van der Waals surface area contributed by atoms with Crippen molar-refractivity contribution in [3.8, 4) is 0 Å². The van der Waals surface area contributed by atoms with E-state index in [0.29, 0.717) is 38.0 Å². The molecule has 0 fully saturated rings. The Bertz CT molecular complexity index is 1130. The van der Waals surface area contributed by atoms with Crippen molar-refractivity contribution in [3.05, 3.63) is 87.0 Å². The number of nitrogens with one attached hydrogen (secondary N) is 3. The van der Waals surface area contributed by atoms with E-state index in [1.807, 2.05) is 0 Å². The van der Waals surface area contributed by atoms with Gasteiger partial charge >= 0.3 is 0 Å². The monoisotopic (exact) mass is 499 g/mol. The molecule has 31 heavy (non-hydrogen) atoms. The molecule has 3 rings (SSSR count). The predicted molar refractivity (Wildman–Crippen MR) is 126 cm³/mol. The lowest BCUT2D eigenvalue weighted by Gasteiger charge is -2.14. The van der Waals surface area contributed by atoms with E-state index in [1.165, 1.54) is 6.20 Å². The van der Waals surface area contributed by atoms with E-state index < -0.39 is 5.91 Å². The molecule has 0 unspecified atom stereocenters. The van der Waals surface area contributed by atoms with Crippen molar-refractivity contribution >= 4 is 56.7 Å². The van der Waals surface area contributed by atoms with Gasteiger partial charge in [-0.3, -0.25) is 15.0 Å². The van der Waals surface area contributed by atoms with Crippen LogP contribution in [-0.2, 0) is 0 Å². The number of nitrogens with zero attached hydrogens (tertiary/aromatic N) is 2. The number of hydrogen-bond acceptors (Lipinski definition) is 4. The molecule has 7 nitrogen and oxygen atoms in total. The normalized spacial score (nSPS) is 10.3. The Morgan fingerprint density at radius 2 is 1.65 bits per heavy atom. The van der Waals surface area contributed by atoms with Gasteiger partial charge in [0, 0.05) is 35.9 Å². The quantitative estimate of drug-likeness (QED) is 0.343. The Kier molecular flexibility index (Phi) is 7.04. The van der Waals surface area contributed by atoms with Gasteiger partial charge in [0.25, 0.3) is 11.8 Å². The number of amides is 2. The molecule has 9 heteroatoms. The molecule has 1 heterocycles. The van der Waals surface area contributed by atoms with Crippen molar-refractivity contribution in [1.29, 1.82) is 5.41 Å². The predicted octanol–water partition coefficient (Wildman–Crippen LogP) is 4.89. The minimum absolute atomic E-state index is 0.269. The second-order valence-corrected chi connectivity index (χ2v) is 8.13. The van der Waals surface area contributed by atoms with Crippen molar-refractivity contribution in [2.45, 2.75) is 0 Å². The van der Waals surface area contributed by atoms with E-state index in [0.717, 1.165) is 0 Å². The molecule has 0 radical (unpaired) electrons. The van der Waals surface area contributed by atoms with E-state index in [9.17, 15) is 9.59 Å². The Balaban J connectivity index is 1.80. The summed E-state index contributed by atoms with van der Waals surface area (Å²) in [5.74, 6) is -0.120. The van der Waals surface area contributed by atoms with Gasteiger partial charge in [0.15, 0.2) is 0 Å². The van der Waals surface area contributed by atoms with Gasteiger partial charge in [0.05, 0.1) is 16.3 Å². The highest BCUT2D eigenvalue weighted by molar-refractivity contribution is 9.10. The molecular formula is C22H19BrClN5O2. The van der Waals surface area contributed by atoms with E-state index in [4.69, 9.17) is 17.0 Å². The Labute approximate surface area is 193 Å². The van der Waals surface area contributed by atoms with Crippen LogP contribution >= 0.6 is 27.5 Å². The Morgan fingerprint density at radius 3 is 2.26 bits per heavy atom. The van der Waals surface area contributed by atoms with Crippen LogP contribution in [0.5, 0.6) is 0 Å². The summed E-state index contributed by atoms with van der Waals surface area (Å²) in [6, 6.07) is 14.9. The van der Waals surface area contributed by atoms with Crippen LogP contribution in [0.15, 0.2) is 65.3 Å². The van der Waals surface area contributed by atoms with Crippen molar-refractivity contribution in [3.63, 3.8) is 0 Å². The van der Waals surface area contributed by atoms with Gasteiger partial charge in [0.1, 0.15) is 11.7 Å². The first-order valence-electron chi connectivity index (χ1n) is 9.14. The van der Waals surface area contributed by atoms with Gasteiger partial charge in [-0.2, -0.15) is 0 Å². The summed E-state index contributed by atoms with van der Waals surface area (Å²) in [4.78, 5) is 31.3. The summed E-state index contributed by atoms with van der Waals surface area (Å²) in [5, 5.41) is 13.9.